The molecule has 0 bridgehead atoms. The maximum Gasteiger partial charge on any atom is 0.229 e. The minimum Gasteiger partial charge on any atom is -0.335 e. The van der Waals surface area contributed by atoms with E-state index in [1.807, 2.05) is 37.3 Å². The van der Waals surface area contributed by atoms with Gasteiger partial charge in [0.15, 0.2) is 0 Å². The molecule has 1 fully saturated rings. The zero-order valence-electron chi connectivity index (χ0n) is 13.4. The van der Waals surface area contributed by atoms with Crippen LogP contribution < -0.4 is 5.32 Å². The summed E-state index contributed by atoms with van der Waals surface area (Å²) in [5, 5.41) is 3.47. The van der Waals surface area contributed by atoms with Crippen molar-refractivity contribution in [2.45, 2.75) is 19.4 Å². The van der Waals surface area contributed by atoms with Gasteiger partial charge in [0.2, 0.25) is 11.8 Å². The van der Waals surface area contributed by atoms with Crippen molar-refractivity contribution in [1.82, 2.24) is 4.90 Å². The smallest absolute Gasteiger partial charge is 0.229 e. The molecule has 124 valence electrons. The molecular weight excluding hydrogens is 324 g/mol. The lowest BCUT2D eigenvalue weighted by molar-refractivity contribution is -0.129. The molecule has 2 aromatic carbocycles. The Morgan fingerprint density at radius 2 is 1.83 bits per heavy atom. The topological polar surface area (TPSA) is 49.4 Å². The van der Waals surface area contributed by atoms with Gasteiger partial charge in [-0.25, -0.2) is 0 Å². The molecule has 0 aliphatic carbocycles. The molecule has 1 heterocycles. The number of rotatable bonds is 4. The average molecular weight is 343 g/mol. The maximum absolute atomic E-state index is 12.4. The Bertz CT molecular complexity index is 731. The highest BCUT2D eigenvalue weighted by atomic mass is 35.5. The standard InChI is InChI=1S/C19H19ClN2O2/c1-13(14-5-3-2-4-6-14)22-12-15(11-18(22)23)19(24)21-17-9-7-16(20)8-10-17/h2-10,13,15H,11-12H2,1H3,(H,21,24)/t13-,15-/m0/s1. The fourth-order valence-electron chi connectivity index (χ4n) is 2.97. The molecule has 4 nitrogen and oxygen atoms in total. The SMILES string of the molecule is C[C@@H](c1ccccc1)N1C[C@@H](C(=O)Nc2ccc(Cl)cc2)CC1=O. The van der Waals surface area contributed by atoms with Crippen LogP contribution in [0.5, 0.6) is 0 Å². The molecule has 2 atom stereocenters. The van der Waals surface area contributed by atoms with Crippen molar-refractivity contribution in [3.63, 3.8) is 0 Å². The van der Waals surface area contributed by atoms with Crippen molar-refractivity contribution in [1.29, 1.82) is 0 Å². The van der Waals surface area contributed by atoms with Crippen LogP contribution in [-0.4, -0.2) is 23.3 Å². The van der Waals surface area contributed by atoms with Gasteiger partial charge in [0.05, 0.1) is 12.0 Å². The summed E-state index contributed by atoms with van der Waals surface area (Å²) in [4.78, 5) is 26.5. The lowest BCUT2D eigenvalue weighted by atomic mass is 10.1. The van der Waals surface area contributed by atoms with Crippen LogP contribution in [0.4, 0.5) is 5.69 Å². The fraction of sp³-hybridized carbons (Fsp3) is 0.263. The number of carbonyl (C=O) groups excluding carboxylic acids is 2. The fourth-order valence-corrected chi connectivity index (χ4v) is 3.10. The van der Waals surface area contributed by atoms with Gasteiger partial charge >= 0.3 is 0 Å². The van der Waals surface area contributed by atoms with Gasteiger partial charge in [-0.3, -0.25) is 9.59 Å². The number of likely N-dealkylation sites (tertiary alicyclic amines) is 1. The van der Waals surface area contributed by atoms with E-state index in [1.165, 1.54) is 0 Å². The Kier molecular flexibility index (Phi) is 4.86. The van der Waals surface area contributed by atoms with Crippen LogP contribution in [0.2, 0.25) is 5.02 Å². The van der Waals surface area contributed by atoms with E-state index in [4.69, 9.17) is 11.6 Å². The largest absolute Gasteiger partial charge is 0.335 e. The Morgan fingerprint density at radius 1 is 1.17 bits per heavy atom. The van der Waals surface area contributed by atoms with Gasteiger partial charge in [0.1, 0.15) is 0 Å². The first-order valence-corrected chi connectivity index (χ1v) is 8.33. The highest BCUT2D eigenvalue weighted by Crippen LogP contribution is 2.29. The van der Waals surface area contributed by atoms with Crippen molar-refractivity contribution in [2.75, 3.05) is 11.9 Å². The van der Waals surface area contributed by atoms with E-state index >= 15 is 0 Å². The first-order chi connectivity index (χ1) is 11.5. The van der Waals surface area contributed by atoms with Gasteiger partial charge in [0.25, 0.3) is 0 Å². The third kappa shape index (κ3) is 3.60. The van der Waals surface area contributed by atoms with Crippen LogP contribution in [0.25, 0.3) is 0 Å². The molecule has 0 radical (unpaired) electrons. The zero-order chi connectivity index (χ0) is 17.1. The van der Waals surface area contributed by atoms with Gasteiger partial charge in [-0.2, -0.15) is 0 Å². The predicted molar refractivity (Wildman–Crippen MR) is 94.8 cm³/mol. The van der Waals surface area contributed by atoms with Crippen LogP contribution in [0.3, 0.4) is 0 Å². The minimum atomic E-state index is -0.334. The molecule has 0 unspecified atom stereocenters. The van der Waals surface area contributed by atoms with Crippen molar-refractivity contribution in [2.24, 2.45) is 5.92 Å². The van der Waals surface area contributed by atoms with Crippen molar-refractivity contribution >= 4 is 29.1 Å². The highest BCUT2D eigenvalue weighted by molar-refractivity contribution is 6.30. The molecule has 5 heteroatoms. The summed E-state index contributed by atoms with van der Waals surface area (Å²) >= 11 is 5.84. The van der Waals surface area contributed by atoms with Gasteiger partial charge in [-0.05, 0) is 36.8 Å². The number of hydrogen-bond donors (Lipinski definition) is 1. The molecule has 1 saturated heterocycles. The van der Waals surface area contributed by atoms with Crippen LogP contribution in [0.1, 0.15) is 24.9 Å². The molecule has 1 N–H and O–H groups in total. The molecule has 24 heavy (non-hydrogen) atoms. The summed E-state index contributed by atoms with van der Waals surface area (Å²) < 4.78 is 0. The van der Waals surface area contributed by atoms with E-state index in [0.717, 1.165) is 5.56 Å². The van der Waals surface area contributed by atoms with Crippen molar-refractivity contribution in [3.05, 3.63) is 65.2 Å². The molecule has 3 rings (SSSR count). The van der Waals surface area contributed by atoms with E-state index in [1.54, 1.807) is 29.2 Å². The third-order valence-corrected chi connectivity index (χ3v) is 4.64. The molecule has 1 aliphatic rings. The Morgan fingerprint density at radius 3 is 2.50 bits per heavy atom. The number of anilines is 1. The van der Waals surface area contributed by atoms with Gasteiger partial charge in [-0.1, -0.05) is 41.9 Å². The molecule has 0 aromatic heterocycles. The number of halogens is 1. The molecule has 1 aliphatic heterocycles. The number of nitrogens with one attached hydrogen (secondary N) is 1. The molecule has 2 amide bonds. The average Bonchev–Trinajstić information content (AvgIpc) is 2.99. The van der Waals surface area contributed by atoms with Gasteiger partial charge in [0, 0.05) is 23.7 Å². The highest BCUT2D eigenvalue weighted by Gasteiger charge is 2.36. The number of hydrogen-bond acceptors (Lipinski definition) is 2. The van der Waals surface area contributed by atoms with Gasteiger partial charge < -0.3 is 10.2 Å². The zero-order valence-corrected chi connectivity index (χ0v) is 14.2. The van der Waals surface area contributed by atoms with Crippen LogP contribution >= 0.6 is 11.6 Å². The molecule has 0 saturated carbocycles. The van der Waals surface area contributed by atoms with Crippen LogP contribution in [-0.2, 0) is 9.59 Å². The molecule has 2 aromatic rings. The van der Waals surface area contributed by atoms with E-state index in [0.29, 0.717) is 17.3 Å². The summed E-state index contributed by atoms with van der Waals surface area (Å²) in [7, 11) is 0. The summed E-state index contributed by atoms with van der Waals surface area (Å²) in [5.41, 5.74) is 1.76. The van der Waals surface area contributed by atoms with E-state index in [9.17, 15) is 9.59 Å². The second-order valence-corrected chi connectivity index (χ2v) is 6.47. The second-order valence-electron chi connectivity index (χ2n) is 6.03. The predicted octanol–water partition coefficient (Wildman–Crippen LogP) is 3.89. The van der Waals surface area contributed by atoms with Crippen molar-refractivity contribution in [3.8, 4) is 0 Å². The lowest BCUT2D eigenvalue weighted by Gasteiger charge is -2.25. The van der Waals surface area contributed by atoms with E-state index in [-0.39, 0.29) is 30.2 Å². The van der Waals surface area contributed by atoms with Crippen LogP contribution in [0.15, 0.2) is 54.6 Å². The summed E-state index contributed by atoms with van der Waals surface area (Å²) in [5.74, 6) is -0.449. The Labute approximate surface area is 146 Å². The summed E-state index contributed by atoms with van der Waals surface area (Å²) in [6.45, 7) is 2.43. The second kappa shape index (κ2) is 7.05. The number of carbonyl (C=O) groups is 2. The monoisotopic (exact) mass is 342 g/mol. The number of nitrogens with zero attached hydrogens (tertiary/aromatic N) is 1. The molecule has 0 spiro atoms. The van der Waals surface area contributed by atoms with Crippen LogP contribution in [0, 0.1) is 5.92 Å². The first-order valence-electron chi connectivity index (χ1n) is 7.95. The number of amides is 2. The van der Waals surface area contributed by atoms with Crippen molar-refractivity contribution < 1.29 is 9.59 Å². The first kappa shape index (κ1) is 16.5. The van der Waals surface area contributed by atoms with Gasteiger partial charge in [-0.15, -0.1) is 0 Å². The van der Waals surface area contributed by atoms with E-state index in [2.05, 4.69) is 5.32 Å². The third-order valence-electron chi connectivity index (χ3n) is 4.39. The summed E-state index contributed by atoms with van der Waals surface area (Å²) in [6, 6.07) is 16.8. The van der Waals surface area contributed by atoms with E-state index < -0.39 is 0 Å². The summed E-state index contributed by atoms with van der Waals surface area (Å²) in [6.07, 6.45) is 0.247. The minimum absolute atomic E-state index is 0.0163. The Hall–Kier alpha value is -2.33. The number of benzene rings is 2. The Balaban J connectivity index is 1.65. The molecular formula is C19H19ClN2O2. The quantitative estimate of drug-likeness (QED) is 0.916. The maximum atomic E-state index is 12.4. The lowest BCUT2D eigenvalue weighted by Crippen LogP contribution is -2.30. The normalized spacial score (nSPS) is 18.5.